The molecule has 0 unspecified atom stereocenters. The zero-order chi connectivity index (χ0) is 13.9. The van der Waals surface area contributed by atoms with Gasteiger partial charge in [0.05, 0.1) is 5.75 Å². The van der Waals surface area contributed by atoms with Crippen LogP contribution in [-0.4, -0.2) is 51.3 Å². The van der Waals surface area contributed by atoms with Crippen LogP contribution in [0.15, 0.2) is 0 Å². The van der Waals surface area contributed by atoms with E-state index >= 15 is 0 Å². The molecule has 0 spiro atoms. The van der Waals surface area contributed by atoms with Crippen LogP contribution in [0.5, 0.6) is 0 Å². The van der Waals surface area contributed by atoms with E-state index in [1.807, 2.05) is 0 Å². The lowest BCUT2D eigenvalue weighted by Crippen LogP contribution is -2.45. The Bertz CT molecular complexity index is 419. The topological polar surface area (TPSA) is 63.7 Å². The van der Waals surface area contributed by atoms with Crippen LogP contribution in [0, 0.1) is 11.8 Å². The van der Waals surface area contributed by atoms with Gasteiger partial charge in [0.25, 0.3) is 0 Å². The largest absolute Gasteiger partial charge is 0.381 e. The van der Waals surface area contributed by atoms with Crippen molar-refractivity contribution in [2.45, 2.75) is 25.7 Å². The van der Waals surface area contributed by atoms with Crippen LogP contribution in [0.25, 0.3) is 0 Å². The molecule has 2 aliphatic rings. The number of ether oxygens (including phenoxy) is 1. The summed E-state index contributed by atoms with van der Waals surface area (Å²) in [4.78, 5) is 14.0. The number of hydrogen-bond donors (Lipinski definition) is 0. The molecule has 2 saturated heterocycles. The SMILES string of the molecule is O=C(C1CCOCC1)N1CCC[C@@H](CS(=O)(=O)F)C1. The number of nitrogens with zero attached hydrogens (tertiary/aromatic N) is 1. The van der Waals surface area contributed by atoms with Gasteiger partial charge in [-0.15, -0.1) is 3.89 Å². The summed E-state index contributed by atoms with van der Waals surface area (Å²) >= 11 is 0. The van der Waals surface area contributed by atoms with Crippen LogP contribution in [0.1, 0.15) is 25.7 Å². The van der Waals surface area contributed by atoms with Gasteiger partial charge in [0.2, 0.25) is 5.91 Å². The summed E-state index contributed by atoms with van der Waals surface area (Å²) in [6, 6.07) is 0. The number of carbonyl (C=O) groups excluding carboxylic acids is 1. The van der Waals surface area contributed by atoms with Crippen molar-refractivity contribution in [2.24, 2.45) is 11.8 Å². The number of amides is 1. The Morgan fingerprint density at radius 1 is 1.26 bits per heavy atom. The lowest BCUT2D eigenvalue weighted by molar-refractivity contribution is -0.140. The molecule has 2 aliphatic heterocycles. The fourth-order valence-corrected chi connectivity index (χ4v) is 3.72. The van der Waals surface area contributed by atoms with Gasteiger partial charge in [-0.05, 0) is 31.6 Å². The smallest absolute Gasteiger partial charge is 0.302 e. The lowest BCUT2D eigenvalue weighted by Gasteiger charge is -2.35. The van der Waals surface area contributed by atoms with Gasteiger partial charge in [0.15, 0.2) is 0 Å². The molecule has 110 valence electrons. The Hall–Kier alpha value is -0.690. The molecule has 7 heteroatoms. The fourth-order valence-electron chi connectivity index (χ4n) is 2.89. The van der Waals surface area contributed by atoms with Gasteiger partial charge in [-0.3, -0.25) is 4.79 Å². The summed E-state index contributed by atoms with van der Waals surface area (Å²) in [7, 11) is -4.46. The number of likely N-dealkylation sites (tertiary alicyclic amines) is 1. The van der Waals surface area contributed by atoms with E-state index < -0.39 is 16.0 Å². The summed E-state index contributed by atoms with van der Waals surface area (Å²) in [6.07, 6.45) is 2.86. The molecular weight excluding hydrogens is 273 g/mol. The maximum Gasteiger partial charge on any atom is 0.302 e. The molecule has 2 fully saturated rings. The van der Waals surface area contributed by atoms with Crippen molar-refractivity contribution >= 4 is 16.1 Å². The predicted molar refractivity (Wildman–Crippen MR) is 67.7 cm³/mol. The second kappa shape index (κ2) is 6.17. The first-order valence-corrected chi connectivity index (χ1v) is 8.30. The highest BCUT2D eigenvalue weighted by Crippen LogP contribution is 2.23. The summed E-state index contributed by atoms with van der Waals surface area (Å²) in [6.45, 7) is 2.22. The van der Waals surface area contributed by atoms with E-state index in [9.17, 15) is 17.1 Å². The Morgan fingerprint density at radius 2 is 1.95 bits per heavy atom. The van der Waals surface area contributed by atoms with Crippen molar-refractivity contribution in [1.82, 2.24) is 4.90 Å². The van der Waals surface area contributed by atoms with Gasteiger partial charge in [-0.25, -0.2) is 0 Å². The molecule has 5 nitrogen and oxygen atoms in total. The van der Waals surface area contributed by atoms with Gasteiger partial charge >= 0.3 is 10.2 Å². The molecule has 0 bridgehead atoms. The van der Waals surface area contributed by atoms with E-state index in [2.05, 4.69) is 0 Å². The molecular formula is C12H20FNO4S. The van der Waals surface area contributed by atoms with Crippen molar-refractivity contribution in [3.05, 3.63) is 0 Å². The third-order valence-corrected chi connectivity index (χ3v) is 4.71. The average molecular weight is 293 g/mol. The van der Waals surface area contributed by atoms with Gasteiger partial charge in [-0.2, -0.15) is 8.42 Å². The van der Waals surface area contributed by atoms with Crippen LogP contribution in [0.3, 0.4) is 0 Å². The number of hydrogen-bond acceptors (Lipinski definition) is 4. The van der Waals surface area contributed by atoms with Gasteiger partial charge in [0.1, 0.15) is 0 Å². The van der Waals surface area contributed by atoms with Crippen molar-refractivity contribution in [3.8, 4) is 0 Å². The summed E-state index contributed by atoms with van der Waals surface area (Å²) in [5.74, 6) is -0.684. The standard InChI is InChI=1S/C12H20FNO4S/c13-19(16,17)9-10-2-1-5-14(8-10)12(15)11-3-6-18-7-4-11/h10-11H,1-9H2/t10-/m1/s1. The summed E-state index contributed by atoms with van der Waals surface area (Å²) in [5.41, 5.74) is 0. The van der Waals surface area contributed by atoms with E-state index in [0.29, 0.717) is 32.7 Å². The molecule has 0 aromatic heterocycles. The van der Waals surface area contributed by atoms with E-state index in [0.717, 1.165) is 19.3 Å². The number of piperidine rings is 1. The molecule has 0 radical (unpaired) electrons. The second-order valence-electron chi connectivity index (χ2n) is 5.38. The lowest BCUT2D eigenvalue weighted by atomic mass is 9.95. The molecule has 0 aliphatic carbocycles. The molecule has 0 aromatic carbocycles. The monoisotopic (exact) mass is 293 g/mol. The van der Waals surface area contributed by atoms with Gasteiger partial charge < -0.3 is 9.64 Å². The van der Waals surface area contributed by atoms with Crippen molar-refractivity contribution in [2.75, 3.05) is 32.1 Å². The highest BCUT2D eigenvalue weighted by Gasteiger charge is 2.31. The Balaban J connectivity index is 1.91. The molecule has 1 atom stereocenters. The predicted octanol–water partition coefficient (Wildman–Crippen LogP) is 0.951. The Kier molecular flexibility index (Phi) is 4.78. The number of rotatable bonds is 3. The van der Waals surface area contributed by atoms with Crippen LogP contribution >= 0.6 is 0 Å². The average Bonchev–Trinajstić information content (AvgIpc) is 2.37. The highest BCUT2D eigenvalue weighted by atomic mass is 32.3. The van der Waals surface area contributed by atoms with Crippen molar-refractivity contribution < 1.29 is 21.8 Å². The van der Waals surface area contributed by atoms with Crippen LogP contribution in [0.4, 0.5) is 3.89 Å². The summed E-state index contributed by atoms with van der Waals surface area (Å²) in [5, 5.41) is 0. The van der Waals surface area contributed by atoms with Crippen molar-refractivity contribution in [1.29, 1.82) is 0 Å². The first-order chi connectivity index (χ1) is 8.96. The summed E-state index contributed by atoms with van der Waals surface area (Å²) < 4.78 is 39.3. The van der Waals surface area contributed by atoms with E-state index in [-0.39, 0.29) is 17.7 Å². The molecule has 0 aromatic rings. The molecule has 2 rings (SSSR count). The minimum Gasteiger partial charge on any atom is -0.381 e. The van der Waals surface area contributed by atoms with Crippen LogP contribution in [-0.2, 0) is 19.8 Å². The van der Waals surface area contributed by atoms with Crippen LogP contribution in [0.2, 0.25) is 0 Å². The molecule has 19 heavy (non-hydrogen) atoms. The Morgan fingerprint density at radius 3 is 2.58 bits per heavy atom. The van der Waals surface area contributed by atoms with Gasteiger partial charge in [0, 0.05) is 32.2 Å². The van der Waals surface area contributed by atoms with Crippen molar-refractivity contribution in [3.63, 3.8) is 0 Å². The maximum atomic E-state index is 12.7. The van der Waals surface area contributed by atoms with E-state index in [1.54, 1.807) is 4.90 Å². The highest BCUT2D eigenvalue weighted by molar-refractivity contribution is 7.86. The molecule has 1 amide bonds. The zero-order valence-corrected chi connectivity index (χ0v) is 11.7. The third-order valence-electron chi connectivity index (χ3n) is 3.84. The molecule has 0 saturated carbocycles. The minimum absolute atomic E-state index is 0.0190. The van der Waals surface area contributed by atoms with E-state index in [4.69, 9.17) is 4.74 Å². The van der Waals surface area contributed by atoms with Crippen LogP contribution < -0.4 is 0 Å². The molecule has 2 heterocycles. The zero-order valence-electron chi connectivity index (χ0n) is 10.9. The first kappa shape index (κ1) is 14.7. The second-order valence-corrected chi connectivity index (χ2v) is 6.80. The van der Waals surface area contributed by atoms with Gasteiger partial charge in [-0.1, -0.05) is 0 Å². The fraction of sp³-hybridized carbons (Fsp3) is 0.917. The maximum absolute atomic E-state index is 12.7. The first-order valence-electron chi connectivity index (χ1n) is 6.74. The minimum atomic E-state index is -4.46. The molecule has 0 N–H and O–H groups in total. The normalized spacial score (nSPS) is 26.4. The van der Waals surface area contributed by atoms with E-state index in [1.165, 1.54) is 0 Å². The number of carbonyl (C=O) groups is 1. The number of halogens is 1. The third kappa shape index (κ3) is 4.42. The quantitative estimate of drug-likeness (QED) is 0.727. The Labute approximate surface area is 113 Å².